The molecule has 7 nitrogen and oxygen atoms in total. The topological polar surface area (TPSA) is 82.1 Å². The lowest BCUT2D eigenvalue weighted by Crippen LogP contribution is -2.42. The van der Waals surface area contributed by atoms with Crippen molar-refractivity contribution in [3.05, 3.63) is 28.7 Å². The van der Waals surface area contributed by atoms with Crippen molar-refractivity contribution in [2.75, 3.05) is 20.3 Å². The highest BCUT2D eigenvalue weighted by atomic mass is 32.2. The zero-order valence-corrected chi connectivity index (χ0v) is 15.9. The van der Waals surface area contributed by atoms with Crippen LogP contribution >= 0.6 is 11.8 Å². The fourth-order valence-corrected chi connectivity index (χ4v) is 3.29. The predicted octanol–water partition coefficient (Wildman–Crippen LogP) is 3.08. The SMILES string of the molecule is CCOC(=O)[C@@H](C)N1C(=O)S/C(=C/c2ccc(OCC)c(OC)c2)C1=O. The molecule has 0 N–H and O–H groups in total. The molecule has 2 rings (SSSR count). The molecule has 1 fully saturated rings. The third kappa shape index (κ3) is 4.19. The number of carbonyl (C=O) groups excluding carboxylic acids is 3. The Balaban J connectivity index is 2.25. The van der Waals surface area contributed by atoms with Crippen molar-refractivity contribution < 1.29 is 28.6 Å². The van der Waals surface area contributed by atoms with Gasteiger partial charge in [0.2, 0.25) is 0 Å². The van der Waals surface area contributed by atoms with E-state index in [9.17, 15) is 14.4 Å². The number of esters is 1. The van der Waals surface area contributed by atoms with E-state index < -0.39 is 23.2 Å². The molecule has 0 aliphatic carbocycles. The van der Waals surface area contributed by atoms with Crippen molar-refractivity contribution in [1.29, 1.82) is 0 Å². The van der Waals surface area contributed by atoms with Gasteiger partial charge in [-0.05, 0) is 56.3 Å². The Kier molecular flexibility index (Phi) is 6.68. The van der Waals surface area contributed by atoms with Gasteiger partial charge in [0, 0.05) is 0 Å². The van der Waals surface area contributed by atoms with Crippen molar-refractivity contribution in [2.45, 2.75) is 26.8 Å². The molecule has 140 valence electrons. The minimum absolute atomic E-state index is 0.182. The summed E-state index contributed by atoms with van der Waals surface area (Å²) in [6.07, 6.45) is 1.58. The molecule has 1 saturated heterocycles. The summed E-state index contributed by atoms with van der Waals surface area (Å²) in [4.78, 5) is 37.7. The largest absolute Gasteiger partial charge is 0.493 e. The number of ether oxygens (including phenoxy) is 3. The lowest BCUT2D eigenvalue weighted by Gasteiger charge is -2.19. The van der Waals surface area contributed by atoms with Gasteiger partial charge in [-0.3, -0.25) is 14.5 Å². The van der Waals surface area contributed by atoms with Crippen LogP contribution in [0.15, 0.2) is 23.1 Å². The van der Waals surface area contributed by atoms with Crippen molar-refractivity contribution in [3.63, 3.8) is 0 Å². The highest BCUT2D eigenvalue weighted by Crippen LogP contribution is 2.35. The number of methoxy groups -OCH3 is 1. The summed E-state index contributed by atoms with van der Waals surface area (Å²) in [5.74, 6) is -0.0110. The van der Waals surface area contributed by atoms with Crippen LogP contribution in [0, 0.1) is 0 Å². The number of imide groups is 1. The van der Waals surface area contributed by atoms with Gasteiger partial charge in [0.25, 0.3) is 11.1 Å². The third-order valence-corrected chi connectivity index (χ3v) is 4.51. The molecular formula is C18H21NO6S. The first-order chi connectivity index (χ1) is 12.4. The van der Waals surface area contributed by atoms with E-state index in [-0.39, 0.29) is 11.5 Å². The normalized spacial score (nSPS) is 16.8. The maximum absolute atomic E-state index is 12.5. The minimum atomic E-state index is -0.969. The van der Waals surface area contributed by atoms with Crippen LogP contribution in [0.2, 0.25) is 0 Å². The van der Waals surface area contributed by atoms with Gasteiger partial charge in [0.1, 0.15) is 6.04 Å². The fraction of sp³-hybridized carbons (Fsp3) is 0.389. The molecule has 0 radical (unpaired) electrons. The minimum Gasteiger partial charge on any atom is -0.493 e. The van der Waals surface area contributed by atoms with E-state index in [0.29, 0.717) is 23.7 Å². The molecule has 0 saturated carbocycles. The van der Waals surface area contributed by atoms with Crippen LogP contribution in [0.3, 0.4) is 0 Å². The maximum atomic E-state index is 12.5. The summed E-state index contributed by atoms with van der Waals surface area (Å²) >= 11 is 0.787. The summed E-state index contributed by atoms with van der Waals surface area (Å²) < 4.78 is 15.6. The molecule has 0 spiro atoms. The number of carbonyl (C=O) groups is 3. The molecule has 1 aromatic carbocycles. The van der Waals surface area contributed by atoms with E-state index in [2.05, 4.69) is 0 Å². The molecular weight excluding hydrogens is 358 g/mol. The van der Waals surface area contributed by atoms with Gasteiger partial charge in [-0.1, -0.05) is 6.07 Å². The summed E-state index contributed by atoms with van der Waals surface area (Å²) in [7, 11) is 1.52. The second-order valence-corrected chi connectivity index (χ2v) is 6.32. The van der Waals surface area contributed by atoms with Crippen molar-refractivity contribution in [1.82, 2.24) is 4.90 Å². The van der Waals surface area contributed by atoms with Gasteiger partial charge in [-0.2, -0.15) is 0 Å². The Morgan fingerprint density at radius 1 is 1.23 bits per heavy atom. The van der Waals surface area contributed by atoms with Crippen LogP contribution in [-0.4, -0.2) is 48.4 Å². The Morgan fingerprint density at radius 3 is 2.58 bits per heavy atom. The Hall–Kier alpha value is -2.48. The molecule has 1 aromatic rings. The number of amides is 2. The molecule has 1 heterocycles. The number of rotatable bonds is 7. The van der Waals surface area contributed by atoms with E-state index in [4.69, 9.17) is 14.2 Å². The highest BCUT2D eigenvalue weighted by Gasteiger charge is 2.41. The van der Waals surface area contributed by atoms with Crippen molar-refractivity contribution in [2.24, 2.45) is 0 Å². The molecule has 26 heavy (non-hydrogen) atoms. The zero-order valence-electron chi connectivity index (χ0n) is 15.1. The summed E-state index contributed by atoms with van der Waals surface area (Å²) in [6.45, 7) is 5.68. The van der Waals surface area contributed by atoms with Crippen LogP contribution in [-0.2, 0) is 14.3 Å². The number of nitrogens with zero attached hydrogens (tertiary/aromatic N) is 1. The standard InChI is InChI=1S/C18H21NO6S/c1-5-24-13-8-7-12(9-14(13)23-4)10-15-16(20)19(18(22)26-15)11(3)17(21)25-6-2/h7-11H,5-6H2,1-4H3/b15-10+/t11-/m1/s1. The van der Waals surface area contributed by atoms with Gasteiger partial charge in [0.15, 0.2) is 11.5 Å². The summed E-state index contributed by atoms with van der Waals surface area (Å²) in [5.41, 5.74) is 0.680. The molecule has 0 bridgehead atoms. The van der Waals surface area contributed by atoms with Crippen LogP contribution < -0.4 is 9.47 Å². The highest BCUT2D eigenvalue weighted by molar-refractivity contribution is 8.18. The number of hydrogen-bond donors (Lipinski definition) is 0. The van der Waals surface area contributed by atoms with Crippen LogP contribution in [0.25, 0.3) is 6.08 Å². The molecule has 1 atom stereocenters. The Morgan fingerprint density at radius 2 is 1.96 bits per heavy atom. The van der Waals surface area contributed by atoms with E-state index in [0.717, 1.165) is 16.7 Å². The molecule has 1 aliphatic rings. The lowest BCUT2D eigenvalue weighted by molar-refractivity contribution is -0.150. The van der Waals surface area contributed by atoms with Gasteiger partial charge >= 0.3 is 5.97 Å². The van der Waals surface area contributed by atoms with E-state index in [1.54, 1.807) is 31.2 Å². The number of hydrogen-bond acceptors (Lipinski definition) is 7. The number of thioether (sulfide) groups is 1. The van der Waals surface area contributed by atoms with Crippen LogP contribution in [0.1, 0.15) is 26.3 Å². The molecule has 1 aliphatic heterocycles. The average Bonchev–Trinajstić information content (AvgIpc) is 2.89. The van der Waals surface area contributed by atoms with Gasteiger partial charge in [-0.15, -0.1) is 0 Å². The second kappa shape index (κ2) is 8.75. The van der Waals surface area contributed by atoms with Gasteiger partial charge in [0.05, 0.1) is 25.2 Å². The fourth-order valence-electron chi connectivity index (χ4n) is 2.38. The smallest absolute Gasteiger partial charge is 0.329 e. The van der Waals surface area contributed by atoms with Gasteiger partial charge in [-0.25, -0.2) is 4.79 Å². The van der Waals surface area contributed by atoms with Crippen LogP contribution in [0.5, 0.6) is 11.5 Å². The molecule has 0 unspecified atom stereocenters. The monoisotopic (exact) mass is 379 g/mol. The quantitative estimate of drug-likeness (QED) is 0.532. The van der Waals surface area contributed by atoms with E-state index in [1.807, 2.05) is 6.92 Å². The molecule has 8 heteroatoms. The average molecular weight is 379 g/mol. The van der Waals surface area contributed by atoms with Crippen molar-refractivity contribution >= 4 is 35.0 Å². The maximum Gasteiger partial charge on any atom is 0.329 e. The first-order valence-electron chi connectivity index (χ1n) is 8.17. The first kappa shape index (κ1) is 19.8. The first-order valence-corrected chi connectivity index (χ1v) is 8.99. The predicted molar refractivity (Wildman–Crippen MR) is 98.1 cm³/mol. The van der Waals surface area contributed by atoms with E-state index >= 15 is 0 Å². The molecule has 0 aromatic heterocycles. The lowest BCUT2D eigenvalue weighted by atomic mass is 10.1. The third-order valence-electron chi connectivity index (χ3n) is 3.62. The zero-order chi connectivity index (χ0) is 19.3. The number of benzene rings is 1. The van der Waals surface area contributed by atoms with Crippen LogP contribution in [0.4, 0.5) is 4.79 Å². The Labute approximate surface area is 156 Å². The van der Waals surface area contributed by atoms with Gasteiger partial charge < -0.3 is 14.2 Å². The summed E-state index contributed by atoms with van der Waals surface area (Å²) in [6, 6.07) is 4.24. The second-order valence-electron chi connectivity index (χ2n) is 5.32. The Bertz CT molecular complexity index is 745. The van der Waals surface area contributed by atoms with E-state index in [1.165, 1.54) is 14.0 Å². The molecule has 2 amide bonds. The van der Waals surface area contributed by atoms with Crippen molar-refractivity contribution in [3.8, 4) is 11.5 Å². The summed E-state index contributed by atoms with van der Waals surface area (Å²) in [5, 5.41) is -0.500.